The number of aromatic hydroxyl groups is 1. The maximum Gasteiger partial charge on any atom is 0.294 e. The maximum absolute atomic E-state index is 12.6. The quantitative estimate of drug-likeness (QED) is 0.591. The number of nitrogens with one attached hydrogen (secondary N) is 1. The van der Waals surface area contributed by atoms with Gasteiger partial charge in [0.1, 0.15) is 6.54 Å². The number of thioether (sulfide) groups is 1. The Hall–Kier alpha value is -2.49. The third-order valence-electron chi connectivity index (χ3n) is 3.89. The van der Waals surface area contributed by atoms with E-state index in [0.717, 1.165) is 4.90 Å². The van der Waals surface area contributed by atoms with Gasteiger partial charge in [-0.2, -0.15) is 0 Å². The van der Waals surface area contributed by atoms with E-state index in [1.807, 2.05) is 0 Å². The van der Waals surface area contributed by atoms with Crippen molar-refractivity contribution in [3.05, 3.63) is 56.4 Å². The van der Waals surface area contributed by atoms with E-state index in [-0.39, 0.29) is 21.4 Å². The normalized spacial score (nSPS) is 15.1. The number of nitrogens with zero attached hydrogens (tertiary/aromatic N) is 1. The van der Waals surface area contributed by atoms with Crippen LogP contribution in [0.4, 0.5) is 10.5 Å². The van der Waals surface area contributed by atoms with Crippen LogP contribution in [0.1, 0.15) is 5.56 Å². The molecule has 2 aromatic rings. The SMILES string of the molecule is COc1cc(/C=C2\SC(=O)N(CC(=O)Nc3ccccc3Br)C2=O)cc(Cl)c1O. The van der Waals surface area contributed by atoms with Crippen LogP contribution in [0.2, 0.25) is 5.02 Å². The highest BCUT2D eigenvalue weighted by Crippen LogP contribution is 2.38. The molecule has 3 amide bonds. The zero-order valence-electron chi connectivity index (χ0n) is 14.9. The number of phenols is 1. The standard InChI is InChI=1S/C19H14BrClN2O5S/c1-28-14-7-10(6-12(21)17(14)25)8-15-18(26)23(19(27)29-15)9-16(24)22-13-5-3-2-4-11(13)20/h2-8,25H,9H2,1H3,(H,22,24)/b15-8-. The molecule has 1 fully saturated rings. The van der Waals surface area contributed by atoms with E-state index in [1.54, 1.807) is 24.3 Å². The van der Waals surface area contributed by atoms with Crippen LogP contribution in [-0.4, -0.2) is 40.7 Å². The smallest absolute Gasteiger partial charge is 0.294 e. The molecule has 150 valence electrons. The van der Waals surface area contributed by atoms with Crippen molar-refractivity contribution in [1.29, 1.82) is 0 Å². The van der Waals surface area contributed by atoms with E-state index >= 15 is 0 Å². The average Bonchev–Trinajstić information content (AvgIpc) is 2.93. The molecular formula is C19H14BrClN2O5S. The summed E-state index contributed by atoms with van der Waals surface area (Å²) in [7, 11) is 1.37. The third-order valence-corrected chi connectivity index (χ3v) is 5.78. The van der Waals surface area contributed by atoms with Crippen molar-refractivity contribution in [2.24, 2.45) is 0 Å². The van der Waals surface area contributed by atoms with E-state index in [1.165, 1.54) is 25.3 Å². The van der Waals surface area contributed by atoms with Gasteiger partial charge >= 0.3 is 0 Å². The van der Waals surface area contributed by atoms with Gasteiger partial charge in [0.15, 0.2) is 11.5 Å². The third kappa shape index (κ3) is 4.75. The summed E-state index contributed by atoms with van der Waals surface area (Å²) in [4.78, 5) is 38.1. The molecule has 0 saturated carbocycles. The van der Waals surface area contributed by atoms with Gasteiger partial charge in [-0.3, -0.25) is 19.3 Å². The Morgan fingerprint density at radius 1 is 1.34 bits per heavy atom. The van der Waals surface area contributed by atoms with Crippen molar-refractivity contribution in [1.82, 2.24) is 4.90 Å². The van der Waals surface area contributed by atoms with Crippen LogP contribution in [0.25, 0.3) is 6.08 Å². The lowest BCUT2D eigenvalue weighted by atomic mass is 10.2. The monoisotopic (exact) mass is 496 g/mol. The van der Waals surface area contributed by atoms with Gasteiger partial charge in [0, 0.05) is 4.47 Å². The number of benzene rings is 2. The second-order valence-electron chi connectivity index (χ2n) is 5.85. The largest absolute Gasteiger partial charge is 0.503 e. The second kappa shape index (κ2) is 8.89. The zero-order valence-corrected chi connectivity index (χ0v) is 18.1. The fourth-order valence-corrected chi connectivity index (χ4v) is 3.96. The number of anilines is 1. The molecular weight excluding hydrogens is 484 g/mol. The minimum atomic E-state index is -0.592. The number of amides is 3. The Kier molecular flexibility index (Phi) is 6.51. The Labute approximate surface area is 183 Å². The summed E-state index contributed by atoms with van der Waals surface area (Å²) in [5.74, 6) is -1.18. The first-order valence-corrected chi connectivity index (χ1v) is 10.1. The number of ether oxygens (including phenoxy) is 1. The molecule has 1 heterocycles. The summed E-state index contributed by atoms with van der Waals surface area (Å²) in [6, 6.07) is 9.92. The van der Waals surface area contributed by atoms with E-state index in [0.29, 0.717) is 27.5 Å². The first kappa shape index (κ1) is 21.2. The lowest BCUT2D eigenvalue weighted by Gasteiger charge is -2.13. The Morgan fingerprint density at radius 3 is 2.76 bits per heavy atom. The summed E-state index contributed by atoms with van der Waals surface area (Å²) in [6.07, 6.45) is 1.45. The number of para-hydroxylation sites is 1. The lowest BCUT2D eigenvalue weighted by molar-refractivity contribution is -0.127. The number of halogens is 2. The molecule has 2 aromatic carbocycles. The van der Waals surface area contributed by atoms with Crippen LogP contribution < -0.4 is 10.1 Å². The van der Waals surface area contributed by atoms with Crippen molar-refractivity contribution in [2.45, 2.75) is 0 Å². The van der Waals surface area contributed by atoms with E-state index in [9.17, 15) is 19.5 Å². The van der Waals surface area contributed by atoms with Gasteiger partial charge in [-0.15, -0.1) is 0 Å². The Morgan fingerprint density at radius 2 is 2.07 bits per heavy atom. The molecule has 7 nitrogen and oxygen atoms in total. The van der Waals surface area contributed by atoms with Gasteiger partial charge in [-0.1, -0.05) is 23.7 Å². The minimum absolute atomic E-state index is 0.0441. The molecule has 3 rings (SSSR count). The number of carbonyl (C=O) groups excluding carboxylic acids is 3. The molecule has 2 N–H and O–H groups in total. The molecule has 0 radical (unpaired) electrons. The lowest BCUT2D eigenvalue weighted by Crippen LogP contribution is -2.36. The van der Waals surface area contributed by atoms with Crippen molar-refractivity contribution < 1.29 is 24.2 Å². The predicted molar refractivity (Wildman–Crippen MR) is 115 cm³/mol. The van der Waals surface area contributed by atoms with Crippen LogP contribution in [0.3, 0.4) is 0 Å². The van der Waals surface area contributed by atoms with E-state index in [2.05, 4.69) is 21.2 Å². The summed E-state index contributed by atoms with van der Waals surface area (Å²) in [5, 5.41) is 11.9. The summed E-state index contributed by atoms with van der Waals surface area (Å²) in [6.45, 7) is -0.414. The van der Waals surface area contributed by atoms with E-state index in [4.69, 9.17) is 16.3 Å². The molecule has 0 spiro atoms. The number of hydrogen-bond acceptors (Lipinski definition) is 6. The first-order chi connectivity index (χ1) is 13.8. The summed E-state index contributed by atoms with van der Waals surface area (Å²) < 4.78 is 5.71. The molecule has 10 heteroatoms. The number of carbonyl (C=O) groups is 3. The highest BCUT2D eigenvalue weighted by molar-refractivity contribution is 9.10. The van der Waals surface area contributed by atoms with Crippen molar-refractivity contribution >= 4 is 68.1 Å². The molecule has 1 saturated heterocycles. The molecule has 29 heavy (non-hydrogen) atoms. The average molecular weight is 498 g/mol. The molecule has 0 bridgehead atoms. The summed E-state index contributed by atoms with van der Waals surface area (Å²) in [5.41, 5.74) is 0.999. The fourth-order valence-electron chi connectivity index (χ4n) is 2.52. The molecule has 1 aliphatic rings. The zero-order chi connectivity index (χ0) is 21.1. The van der Waals surface area contributed by atoms with Crippen molar-refractivity contribution in [3.63, 3.8) is 0 Å². The molecule has 1 aliphatic heterocycles. The summed E-state index contributed by atoms with van der Waals surface area (Å²) >= 11 is 9.98. The van der Waals surface area contributed by atoms with Gasteiger partial charge < -0.3 is 15.2 Å². The van der Waals surface area contributed by atoms with Crippen molar-refractivity contribution in [3.8, 4) is 11.5 Å². The van der Waals surface area contributed by atoms with E-state index < -0.39 is 23.6 Å². The maximum atomic E-state index is 12.6. The number of methoxy groups -OCH3 is 1. The molecule has 0 atom stereocenters. The van der Waals surface area contributed by atoms with Crippen LogP contribution in [0, 0.1) is 0 Å². The van der Waals surface area contributed by atoms with Gasteiger partial charge in [-0.25, -0.2) is 0 Å². The highest BCUT2D eigenvalue weighted by atomic mass is 79.9. The molecule has 0 aliphatic carbocycles. The Bertz CT molecular complexity index is 1040. The topological polar surface area (TPSA) is 95.9 Å². The fraction of sp³-hybridized carbons (Fsp3) is 0.105. The highest BCUT2D eigenvalue weighted by Gasteiger charge is 2.36. The predicted octanol–water partition coefficient (Wildman–Crippen LogP) is 4.49. The minimum Gasteiger partial charge on any atom is -0.503 e. The van der Waals surface area contributed by atoms with Crippen LogP contribution in [0.5, 0.6) is 11.5 Å². The number of phenolic OH excluding ortho intramolecular Hbond substituents is 1. The van der Waals surface area contributed by atoms with Gasteiger partial charge in [0.2, 0.25) is 5.91 Å². The van der Waals surface area contributed by atoms with Crippen LogP contribution in [0.15, 0.2) is 45.8 Å². The first-order valence-electron chi connectivity index (χ1n) is 8.16. The Balaban J connectivity index is 1.76. The number of rotatable bonds is 5. The van der Waals surface area contributed by atoms with Crippen LogP contribution in [-0.2, 0) is 9.59 Å². The number of imide groups is 1. The van der Waals surface area contributed by atoms with Crippen molar-refractivity contribution in [2.75, 3.05) is 19.0 Å². The van der Waals surface area contributed by atoms with Gasteiger partial charge in [0.05, 0.1) is 22.7 Å². The molecule has 0 aromatic heterocycles. The van der Waals surface area contributed by atoms with Gasteiger partial charge in [-0.05, 0) is 63.6 Å². The van der Waals surface area contributed by atoms with Gasteiger partial charge in [0.25, 0.3) is 11.1 Å². The molecule has 0 unspecified atom stereocenters. The second-order valence-corrected chi connectivity index (χ2v) is 8.10. The van der Waals surface area contributed by atoms with Crippen LogP contribution >= 0.6 is 39.3 Å². The number of hydrogen-bond donors (Lipinski definition) is 2.